The standard InChI is InChI=1S/6C10H13.H2O.2Sn/c6*1-10(2,3)9-7-5-4-6-8-9;;;/h6*4-8H,1H2,2-3H3;1H2;;. The molecule has 0 heterocycles. The third kappa shape index (κ3) is 29.1. The van der Waals surface area contributed by atoms with Crippen LogP contribution in [-0.4, -0.2) is 53.3 Å². The first-order chi connectivity index (χ1) is 27.6. The molecule has 6 rings (SSSR count). The summed E-state index contributed by atoms with van der Waals surface area (Å²) >= 11 is 0. The van der Waals surface area contributed by atoms with Gasteiger partial charge in [-0.2, -0.15) is 0 Å². The third-order valence-electron chi connectivity index (χ3n) is 9.33. The Hall–Kier alpha value is -3.12. The third-order valence-corrected chi connectivity index (χ3v) is 9.33. The van der Waals surface area contributed by atoms with Crippen LogP contribution < -0.4 is 0 Å². The van der Waals surface area contributed by atoms with Crippen LogP contribution in [0, 0.1) is 41.5 Å². The summed E-state index contributed by atoms with van der Waals surface area (Å²) in [6.45, 7) is 49.6. The first-order valence-corrected chi connectivity index (χ1v) is 21.1. The summed E-state index contributed by atoms with van der Waals surface area (Å²) in [7, 11) is 0. The van der Waals surface area contributed by atoms with Gasteiger partial charge in [0.05, 0.1) is 0 Å². The summed E-state index contributed by atoms with van der Waals surface area (Å²) < 4.78 is 0. The van der Waals surface area contributed by atoms with E-state index in [4.69, 9.17) is 0 Å². The molecule has 0 aromatic heterocycles. The molecule has 0 spiro atoms. The Bertz CT molecular complexity index is 1550. The minimum absolute atomic E-state index is 0. The van der Waals surface area contributed by atoms with E-state index in [1.54, 1.807) is 0 Å². The Morgan fingerprint density at radius 1 is 0.206 bits per heavy atom. The van der Waals surface area contributed by atoms with Crippen LogP contribution in [0.1, 0.15) is 116 Å². The molecule has 1 nitrogen and oxygen atoms in total. The maximum absolute atomic E-state index is 4.04. The average Bonchev–Trinajstić information content (AvgIpc) is 3.19. The molecule has 2 N–H and O–H groups in total. The van der Waals surface area contributed by atoms with Crippen molar-refractivity contribution in [3.8, 4) is 0 Å². The quantitative estimate of drug-likeness (QED) is 0.149. The van der Waals surface area contributed by atoms with Crippen LogP contribution in [0.4, 0.5) is 0 Å². The molecular weight excluding hydrogens is 974 g/mol. The van der Waals surface area contributed by atoms with Gasteiger partial charge >= 0.3 is 0 Å². The largest absolute Gasteiger partial charge is 0.412 e. The van der Waals surface area contributed by atoms with E-state index < -0.39 is 0 Å². The summed E-state index contributed by atoms with van der Waals surface area (Å²) in [6, 6.07) is 61.9. The molecule has 3 heteroatoms. The van der Waals surface area contributed by atoms with Crippen molar-refractivity contribution < 1.29 is 5.48 Å². The molecule has 6 aromatic carbocycles. The van der Waals surface area contributed by atoms with Crippen molar-refractivity contribution >= 4 is 47.8 Å². The molecule has 0 aliphatic rings. The Labute approximate surface area is 422 Å². The molecule has 63 heavy (non-hydrogen) atoms. The van der Waals surface area contributed by atoms with Crippen molar-refractivity contribution in [1.29, 1.82) is 0 Å². The average molecular weight is 1050 g/mol. The fraction of sp³-hybridized carbons (Fsp3) is 0.300. The number of hydrogen-bond donors (Lipinski definition) is 0. The first-order valence-electron chi connectivity index (χ1n) is 21.1. The van der Waals surface area contributed by atoms with Gasteiger partial charge in [0.25, 0.3) is 0 Å². The van der Waals surface area contributed by atoms with Crippen LogP contribution in [0.15, 0.2) is 182 Å². The van der Waals surface area contributed by atoms with Crippen molar-refractivity contribution in [3.63, 3.8) is 0 Å². The second-order valence-electron chi connectivity index (χ2n) is 19.5. The fourth-order valence-electron chi connectivity index (χ4n) is 5.34. The summed E-state index contributed by atoms with van der Waals surface area (Å²) in [5.74, 6) is 0. The van der Waals surface area contributed by atoms with Crippen LogP contribution >= 0.6 is 0 Å². The van der Waals surface area contributed by atoms with E-state index in [0.717, 1.165) is 0 Å². The van der Waals surface area contributed by atoms with Gasteiger partial charge in [0.1, 0.15) is 0 Å². The van der Waals surface area contributed by atoms with Crippen LogP contribution in [-0.2, 0) is 32.5 Å². The molecule has 0 saturated carbocycles. The van der Waals surface area contributed by atoms with E-state index in [2.05, 4.69) is 197 Å². The Morgan fingerprint density at radius 3 is 0.333 bits per heavy atom. The van der Waals surface area contributed by atoms with E-state index in [0.29, 0.717) is 0 Å². The maximum Gasteiger partial charge on any atom is 0 e. The van der Waals surface area contributed by atoms with Crippen molar-refractivity contribution in [2.75, 3.05) is 0 Å². The van der Waals surface area contributed by atoms with Crippen LogP contribution in [0.5, 0.6) is 0 Å². The molecule has 14 radical (unpaired) electrons. The molecule has 0 saturated heterocycles. The summed E-state index contributed by atoms with van der Waals surface area (Å²) in [5.41, 5.74) is 7.98. The Morgan fingerprint density at radius 2 is 0.286 bits per heavy atom. The minimum Gasteiger partial charge on any atom is -0.412 e. The van der Waals surface area contributed by atoms with E-state index in [1.807, 2.05) is 109 Å². The molecule has 0 atom stereocenters. The van der Waals surface area contributed by atoms with Crippen molar-refractivity contribution in [2.45, 2.75) is 116 Å². The predicted molar refractivity (Wildman–Crippen MR) is 284 cm³/mol. The van der Waals surface area contributed by atoms with Gasteiger partial charge in [0.2, 0.25) is 0 Å². The van der Waals surface area contributed by atoms with Gasteiger partial charge in [-0.05, 0) is 107 Å². The van der Waals surface area contributed by atoms with Gasteiger partial charge in [-0.15, -0.1) is 0 Å². The fourth-order valence-corrected chi connectivity index (χ4v) is 5.34. The molecule has 0 aliphatic carbocycles. The van der Waals surface area contributed by atoms with Gasteiger partial charge in [0.15, 0.2) is 0 Å². The molecular formula is C60H80OSn2. The summed E-state index contributed by atoms with van der Waals surface area (Å²) in [5, 5.41) is 0. The second-order valence-corrected chi connectivity index (χ2v) is 19.5. The number of hydrogen-bond acceptors (Lipinski definition) is 0. The van der Waals surface area contributed by atoms with Crippen LogP contribution in [0.25, 0.3) is 0 Å². The van der Waals surface area contributed by atoms with Crippen molar-refractivity contribution in [2.24, 2.45) is 0 Å². The summed E-state index contributed by atoms with van der Waals surface area (Å²) in [6.07, 6.45) is 0. The topological polar surface area (TPSA) is 31.5 Å². The molecule has 0 aliphatic heterocycles. The van der Waals surface area contributed by atoms with Gasteiger partial charge in [-0.3, -0.25) is 0 Å². The SMILES string of the molecule is O.[CH2]C(C)(C)c1ccccc1.[CH2]C(C)(C)c1ccccc1.[CH2]C(C)(C)c1ccccc1.[CH2]C(C)(C)c1ccccc1.[CH2]C(C)(C)c1ccccc1.[CH2]C(C)(C)c1ccccc1.[Sn].[Sn]. The molecule has 6 aromatic rings. The molecule has 334 valence electrons. The van der Waals surface area contributed by atoms with Gasteiger partial charge in [-0.1, -0.05) is 265 Å². The molecule has 0 amide bonds. The molecule has 0 bridgehead atoms. The van der Waals surface area contributed by atoms with Gasteiger partial charge in [-0.25, -0.2) is 0 Å². The summed E-state index contributed by atoms with van der Waals surface area (Å²) in [4.78, 5) is 0. The zero-order valence-corrected chi connectivity index (χ0v) is 46.8. The smallest absolute Gasteiger partial charge is 0 e. The zero-order valence-electron chi connectivity index (χ0n) is 41.1. The first kappa shape index (κ1) is 64.2. The second kappa shape index (κ2) is 30.2. The van der Waals surface area contributed by atoms with Crippen LogP contribution in [0.2, 0.25) is 0 Å². The van der Waals surface area contributed by atoms with E-state index in [1.165, 1.54) is 33.4 Å². The van der Waals surface area contributed by atoms with Gasteiger partial charge in [0, 0.05) is 47.8 Å². The monoisotopic (exact) mass is 1060 g/mol. The number of rotatable bonds is 6. The molecule has 0 unspecified atom stereocenters. The van der Waals surface area contributed by atoms with E-state index in [-0.39, 0.29) is 85.8 Å². The zero-order chi connectivity index (χ0) is 45.7. The van der Waals surface area contributed by atoms with Crippen molar-refractivity contribution in [3.05, 3.63) is 257 Å². The normalized spacial score (nSPS) is 11.0. The Balaban J connectivity index is -0.000000679. The molecule has 0 fully saturated rings. The predicted octanol–water partition coefficient (Wildman–Crippen LogP) is 15.2. The minimum atomic E-state index is 0. The van der Waals surface area contributed by atoms with Crippen molar-refractivity contribution in [1.82, 2.24) is 0 Å². The van der Waals surface area contributed by atoms with E-state index >= 15 is 0 Å². The maximum atomic E-state index is 4.04. The van der Waals surface area contributed by atoms with Crippen LogP contribution in [0.3, 0.4) is 0 Å². The van der Waals surface area contributed by atoms with Gasteiger partial charge < -0.3 is 5.48 Å². The van der Waals surface area contributed by atoms with E-state index in [9.17, 15) is 0 Å². The Kier molecular flexibility index (Phi) is 30.7. The number of benzene rings is 6.